The monoisotopic (exact) mass is 334 g/mol. The smallest absolute Gasteiger partial charge is 0.175 e. The minimum Gasteiger partial charge on any atom is -0.492 e. The molecule has 0 aliphatic carbocycles. The zero-order valence-corrected chi connectivity index (χ0v) is 14.0. The number of benzene rings is 1. The van der Waals surface area contributed by atoms with Gasteiger partial charge in [0.1, 0.15) is 12.4 Å². The van der Waals surface area contributed by atoms with Gasteiger partial charge in [-0.15, -0.1) is 12.4 Å². The molecule has 1 N–H and O–H groups in total. The molecule has 7 heteroatoms. The molecule has 1 heterocycles. The second kappa shape index (κ2) is 7.98. The second-order valence-electron chi connectivity index (χ2n) is 5.18. The van der Waals surface area contributed by atoms with Gasteiger partial charge >= 0.3 is 0 Å². The summed E-state index contributed by atoms with van der Waals surface area (Å²) >= 11 is 0. The minimum atomic E-state index is -3.18. The Hall–Kier alpha value is -0.820. The van der Waals surface area contributed by atoms with Crippen LogP contribution in [-0.2, 0) is 9.84 Å². The lowest BCUT2D eigenvalue weighted by Crippen LogP contribution is -2.50. The Morgan fingerprint density at radius 3 is 2.86 bits per heavy atom. The first kappa shape index (κ1) is 18.2. The van der Waals surface area contributed by atoms with Crippen LogP contribution >= 0.6 is 12.4 Å². The lowest BCUT2D eigenvalue weighted by atomic mass is 10.2. The summed E-state index contributed by atoms with van der Waals surface area (Å²) in [5, 5.41) is 3.35. The van der Waals surface area contributed by atoms with Crippen molar-refractivity contribution in [2.24, 2.45) is 0 Å². The van der Waals surface area contributed by atoms with Crippen molar-refractivity contribution >= 4 is 22.2 Å². The summed E-state index contributed by atoms with van der Waals surface area (Å²) in [6.45, 7) is 6.64. The number of nitrogens with zero attached hydrogens (tertiary/aromatic N) is 1. The molecule has 5 nitrogen and oxygen atoms in total. The Kier molecular flexibility index (Phi) is 6.93. The van der Waals surface area contributed by atoms with E-state index in [1.54, 1.807) is 24.3 Å². The molecule has 0 radical (unpaired) electrons. The summed E-state index contributed by atoms with van der Waals surface area (Å²) in [4.78, 5) is 2.67. The number of ether oxygens (including phenoxy) is 1. The van der Waals surface area contributed by atoms with E-state index in [9.17, 15) is 8.42 Å². The van der Waals surface area contributed by atoms with Crippen LogP contribution in [0.5, 0.6) is 5.75 Å². The lowest BCUT2D eigenvalue weighted by molar-refractivity contribution is 0.143. The maximum Gasteiger partial charge on any atom is 0.175 e. The summed E-state index contributed by atoms with van der Waals surface area (Å²) in [6, 6.07) is 7.17. The number of nitrogens with one attached hydrogen (secondary N) is 1. The highest BCUT2D eigenvalue weighted by Crippen LogP contribution is 2.17. The van der Waals surface area contributed by atoms with Gasteiger partial charge in [0, 0.05) is 38.5 Å². The normalized spacial score (nSPS) is 19.8. The van der Waals surface area contributed by atoms with E-state index < -0.39 is 9.84 Å². The van der Waals surface area contributed by atoms with E-state index in [1.165, 1.54) is 6.26 Å². The Morgan fingerprint density at radius 2 is 2.19 bits per heavy atom. The Bertz CT molecular complexity index is 551. The quantitative estimate of drug-likeness (QED) is 0.876. The predicted molar refractivity (Wildman–Crippen MR) is 86.2 cm³/mol. The summed E-state index contributed by atoms with van der Waals surface area (Å²) in [5.74, 6) is 0.607. The van der Waals surface area contributed by atoms with Gasteiger partial charge in [-0.2, -0.15) is 0 Å². The predicted octanol–water partition coefficient (Wildman–Crippen LogP) is 1.18. The van der Waals surface area contributed by atoms with E-state index in [-0.39, 0.29) is 12.4 Å². The van der Waals surface area contributed by atoms with E-state index in [0.717, 1.165) is 26.2 Å². The summed E-state index contributed by atoms with van der Waals surface area (Å²) in [5.41, 5.74) is 0. The molecule has 0 spiro atoms. The standard InChI is InChI=1S/C14H22N2O3S.ClH/c1-12-11-15-6-7-16(12)8-9-19-13-4-3-5-14(10-13)20(2,17)18;/h3-5,10,12,15H,6-9,11H2,1-2H3;1H/t12-;/m1./s1. The van der Waals surface area contributed by atoms with E-state index in [0.29, 0.717) is 23.3 Å². The van der Waals surface area contributed by atoms with Gasteiger partial charge in [0.25, 0.3) is 0 Å². The summed E-state index contributed by atoms with van der Waals surface area (Å²) in [7, 11) is -3.18. The number of halogens is 1. The van der Waals surface area contributed by atoms with Gasteiger partial charge in [-0.1, -0.05) is 6.07 Å². The maximum atomic E-state index is 11.5. The molecule has 1 aliphatic rings. The van der Waals surface area contributed by atoms with E-state index in [4.69, 9.17) is 4.74 Å². The molecule has 1 saturated heterocycles. The molecule has 1 atom stereocenters. The molecule has 0 saturated carbocycles. The molecule has 0 bridgehead atoms. The van der Waals surface area contributed by atoms with Gasteiger partial charge in [0.05, 0.1) is 4.90 Å². The van der Waals surface area contributed by atoms with Crippen molar-refractivity contribution in [1.29, 1.82) is 0 Å². The maximum absolute atomic E-state index is 11.5. The average Bonchev–Trinajstić information content (AvgIpc) is 2.40. The van der Waals surface area contributed by atoms with Crippen LogP contribution in [0.4, 0.5) is 0 Å². The van der Waals surface area contributed by atoms with Crippen LogP contribution in [0.3, 0.4) is 0 Å². The fraction of sp³-hybridized carbons (Fsp3) is 0.571. The molecule has 0 aromatic heterocycles. The van der Waals surface area contributed by atoms with Crippen molar-refractivity contribution in [3.05, 3.63) is 24.3 Å². The number of rotatable bonds is 5. The Labute approximate surface area is 133 Å². The highest BCUT2D eigenvalue weighted by molar-refractivity contribution is 7.90. The van der Waals surface area contributed by atoms with Crippen molar-refractivity contribution in [3.63, 3.8) is 0 Å². The van der Waals surface area contributed by atoms with Gasteiger partial charge in [-0.25, -0.2) is 8.42 Å². The van der Waals surface area contributed by atoms with E-state index >= 15 is 0 Å². The van der Waals surface area contributed by atoms with Crippen molar-refractivity contribution in [3.8, 4) is 5.75 Å². The molecule has 0 amide bonds. The van der Waals surface area contributed by atoms with Crippen molar-refractivity contribution in [2.75, 3.05) is 39.0 Å². The van der Waals surface area contributed by atoms with Crippen LogP contribution in [-0.4, -0.2) is 58.4 Å². The molecular formula is C14H23ClN2O3S. The lowest BCUT2D eigenvalue weighted by Gasteiger charge is -2.33. The van der Waals surface area contributed by atoms with Crippen LogP contribution in [0.1, 0.15) is 6.92 Å². The third-order valence-corrected chi connectivity index (χ3v) is 4.63. The van der Waals surface area contributed by atoms with Crippen LogP contribution in [0, 0.1) is 0 Å². The highest BCUT2D eigenvalue weighted by Gasteiger charge is 2.17. The van der Waals surface area contributed by atoms with Gasteiger partial charge in [0.2, 0.25) is 0 Å². The molecule has 1 aromatic carbocycles. The zero-order valence-electron chi connectivity index (χ0n) is 12.4. The average molecular weight is 335 g/mol. The molecule has 0 unspecified atom stereocenters. The molecule has 1 fully saturated rings. The topological polar surface area (TPSA) is 58.6 Å². The molecule has 21 heavy (non-hydrogen) atoms. The Morgan fingerprint density at radius 1 is 1.43 bits per heavy atom. The number of hydrogen-bond acceptors (Lipinski definition) is 5. The first-order chi connectivity index (χ1) is 9.47. The number of sulfone groups is 1. The molecule has 120 valence electrons. The van der Waals surface area contributed by atoms with Crippen LogP contribution in [0.2, 0.25) is 0 Å². The van der Waals surface area contributed by atoms with Gasteiger partial charge < -0.3 is 10.1 Å². The van der Waals surface area contributed by atoms with Crippen molar-refractivity contribution in [2.45, 2.75) is 17.9 Å². The van der Waals surface area contributed by atoms with Gasteiger partial charge in [-0.05, 0) is 25.1 Å². The highest BCUT2D eigenvalue weighted by atomic mass is 35.5. The third-order valence-electron chi connectivity index (χ3n) is 3.52. The van der Waals surface area contributed by atoms with Gasteiger partial charge in [-0.3, -0.25) is 4.90 Å². The Balaban J connectivity index is 0.00000220. The number of piperazine rings is 1. The van der Waals surface area contributed by atoms with E-state index in [2.05, 4.69) is 17.1 Å². The fourth-order valence-corrected chi connectivity index (χ4v) is 2.95. The van der Waals surface area contributed by atoms with Crippen LogP contribution in [0.15, 0.2) is 29.2 Å². The summed E-state index contributed by atoms with van der Waals surface area (Å²) < 4.78 is 28.6. The SMILES string of the molecule is C[C@@H]1CNCCN1CCOc1cccc(S(C)(=O)=O)c1.Cl. The zero-order chi connectivity index (χ0) is 14.6. The molecular weight excluding hydrogens is 312 g/mol. The van der Waals surface area contributed by atoms with Gasteiger partial charge in [0.15, 0.2) is 9.84 Å². The molecule has 1 aromatic rings. The minimum absolute atomic E-state index is 0. The summed E-state index contributed by atoms with van der Waals surface area (Å²) in [6.07, 6.45) is 1.20. The van der Waals surface area contributed by atoms with Crippen molar-refractivity contribution < 1.29 is 13.2 Å². The van der Waals surface area contributed by atoms with Crippen LogP contribution in [0.25, 0.3) is 0 Å². The first-order valence-corrected chi connectivity index (χ1v) is 8.73. The van der Waals surface area contributed by atoms with E-state index in [1.807, 2.05) is 0 Å². The molecule has 2 rings (SSSR count). The van der Waals surface area contributed by atoms with Crippen LogP contribution < -0.4 is 10.1 Å². The molecule has 1 aliphatic heterocycles. The first-order valence-electron chi connectivity index (χ1n) is 6.84. The third kappa shape index (κ3) is 5.47. The second-order valence-corrected chi connectivity index (χ2v) is 7.20. The largest absolute Gasteiger partial charge is 0.492 e. The van der Waals surface area contributed by atoms with Crippen molar-refractivity contribution in [1.82, 2.24) is 10.2 Å². The number of hydrogen-bond donors (Lipinski definition) is 1. The fourth-order valence-electron chi connectivity index (χ4n) is 2.29.